The van der Waals surface area contributed by atoms with E-state index in [1.165, 1.54) is 37.9 Å². The summed E-state index contributed by atoms with van der Waals surface area (Å²) in [7, 11) is 1.82. The van der Waals surface area contributed by atoms with Crippen LogP contribution in [0.1, 0.15) is 50.5 Å². The van der Waals surface area contributed by atoms with Crippen LogP contribution >= 0.6 is 11.8 Å². The number of aliphatic imine (C=N–C) groups is 1. The smallest absolute Gasteiger partial charge is 0.213 e. The van der Waals surface area contributed by atoms with Crippen LogP contribution in [0.4, 0.5) is 0 Å². The molecule has 5 nitrogen and oxygen atoms in total. The van der Waals surface area contributed by atoms with Gasteiger partial charge in [0, 0.05) is 37.7 Å². The molecule has 2 aliphatic rings. The summed E-state index contributed by atoms with van der Waals surface area (Å²) >= 11 is 2.06. The van der Waals surface area contributed by atoms with Gasteiger partial charge in [0.15, 0.2) is 5.96 Å². The number of aromatic nitrogens is 1. The lowest BCUT2D eigenvalue weighted by molar-refractivity contribution is 0.148. The van der Waals surface area contributed by atoms with Crippen LogP contribution in [0.15, 0.2) is 23.3 Å². The van der Waals surface area contributed by atoms with E-state index in [-0.39, 0.29) is 0 Å². The normalized spacial score (nSPS) is 22.0. The molecule has 6 heteroatoms. The lowest BCUT2D eigenvalue weighted by Gasteiger charge is -2.22. The minimum atomic E-state index is 0.349. The highest BCUT2D eigenvalue weighted by Gasteiger charge is 2.16. The predicted octanol–water partition coefficient (Wildman–Crippen LogP) is 3.35. The maximum Gasteiger partial charge on any atom is 0.213 e. The molecule has 1 aromatic heterocycles. The molecule has 2 fully saturated rings. The molecular weight excluding hydrogens is 332 g/mol. The van der Waals surface area contributed by atoms with Crippen LogP contribution in [0, 0.1) is 0 Å². The molecule has 1 saturated carbocycles. The first kappa shape index (κ1) is 18.4. The fourth-order valence-corrected chi connectivity index (χ4v) is 4.56. The van der Waals surface area contributed by atoms with Crippen LogP contribution in [-0.2, 0) is 6.54 Å². The maximum atomic E-state index is 5.98. The highest BCUT2D eigenvalue weighted by atomic mass is 32.2. The molecule has 2 heterocycles. The van der Waals surface area contributed by atoms with Crippen molar-refractivity contribution in [2.24, 2.45) is 4.99 Å². The number of hydrogen-bond donors (Lipinski definition) is 2. The molecule has 3 rings (SSSR count). The zero-order chi connectivity index (χ0) is 17.3. The molecule has 1 atom stereocenters. The topological polar surface area (TPSA) is 58.5 Å². The van der Waals surface area contributed by atoms with Crippen molar-refractivity contribution < 1.29 is 4.74 Å². The van der Waals surface area contributed by atoms with Crippen LogP contribution in [0.5, 0.6) is 5.88 Å². The Morgan fingerprint density at radius 1 is 1.20 bits per heavy atom. The van der Waals surface area contributed by atoms with Crippen LogP contribution in [0.3, 0.4) is 0 Å². The Kier molecular flexibility index (Phi) is 7.27. The van der Waals surface area contributed by atoms with Crippen LogP contribution in [-0.4, -0.2) is 41.6 Å². The average Bonchev–Trinajstić information content (AvgIpc) is 3.18. The monoisotopic (exact) mass is 362 g/mol. The molecule has 0 amide bonds. The molecule has 0 radical (unpaired) electrons. The number of guanidine groups is 1. The molecular formula is C19H30N4OS. The van der Waals surface area contributed by atoms with Crippen molar-refractivity contribution in [2.75, 3.05) is 19.3 Å². The van der Waals surface area contributed by atoms with Gasteiger partial charge in [-0.2, -0.15) is 11.8 Å². The summed E-state index contributed by atoms with van der Waals surface area (Å²) in [5, 5.41) is 7.50. The summed E-state index contributed by atoms with van der Waals surface area (Å²) in [5.74, 6) is 2.89. The van der Waals surface area contributed by atoms with Crippen LogP contribution < -0.4 is 15.4 Å². The van der Waals surface area contributed by atoms with Gasteiger partial charge in [-0.15, -0.1) is 0 Å². The second-order valence-corrected chi connectivity index (χ2v) is 8.23. The average molecular weight is 363 g/mol. The van der Waals surface area contributed by atoms with Crippen molar-refractivity contribution in [2.45, 2.75) is 62.8 Å². The van der Waals surface area contributed by atoms with E-state index in [0.29, 0.717) is 12.6 Å². The first-order valence-corrected chi connectivity index (χ1v) is 10.6. The first-order valence-electron chi connectivity index (χ1n) is 9.51. The Morgan fingerprint density at radius 3 is 2.76 bits per heavy atom. The number of pyridine rings is 1. The minimum Gasteiger partial charge on any atom is -0.474 e. The third kappa shape index (κ3) is 6.10. The third-order valence-electron chi connectivity index (χ3n) is 4.84. The van der Waals surface area contributed by atoms with Gasteiger partial charge in [0.2, 0.25) is 5.88 Å². The Bertz CT molecular complexity index is 537. The minimum absolute atomic E-state index is 0.349. The highest BCUT2D eigenvalue weighted by molar-refractivity contribution is 8.00. The molecule has 0 bridgehead atoms. The Hall–Kier alpha value is -1.43. The van der Waals surface area contributed by atoms with Gasteiger partial charge in [0.25, 0.3) is 0 Å². The zero-order valence-corrected chi connectivity index (χ0v) is 16.0. The van der Waals surface area contributed by atoms with E-state index in [0.717, 1.165) is 42.0 Å². The fourth-order valence-electron chi connectivity index (χ4n) is 3.36. The molecule has 138 valence electrons. The van der Waals surface area contributed by atoms with Crippen LogP contribution in [0.2, 0.25) is 0 Å². The van der Waals surface area contributed by atoms with E-state index >= 15 is 0 Å². The predicted molar refractivity (Wildman–Crippen MR) is 105 cm³/mol. The Labute approximate surface area is 155 Å². The number of ether oxygens (including phenoxy) is 1. The molecule has 1 aromatic rings. The maximum absolute atomic E-state index is 5.98. The van der Waals surface area contributed by atoms with E-state index in [9.17, 15) is 0 Å². The first-order chi connectivity index (χ1) is 12.3. The summed E-state index contributed by atoms with van der Waals surface area (Å²) in [4.78, 5) is 8.76. The van der Waals surface area contributed by atoms with Gasteiger partial charge >= 0.3 is 0 Å². The van der Waals surface area contributed by atoms with Crippen LogP contribution in [0.25, 0.3) is 0 Å². The van der Waals surface area contributed by atoms with E-state index in [4.69, 9.17) is 4.74 Å². The van der Waals surface area contributed by atoms with Crippen molar-refractivity contribution in [1.29, 1.82) is 0 Å². The van der Waals surface area contributed by atoms with Gasteiger partial charge in [0.05, 0.1) is 0 Å². The zero-order valence-electron chi connectivity index (χ0n) is 15.2. The Morgan fingerprint density at radius 2 is 2.08 bits per heavy atom. The van der Waals surface area contributed by atoms with Gasteiger partial charge in [-0.05, 0) is 49.8 Å². The number of nitrogens with one attached hydrogen (secondary N) is 2. The van der Waals surface area contributed by atoms with E-state index in [1.54, 1.807) is 0 Å². The van der Waals surface area contributed by atoms with E-state index in [1.807, 2.05) is 19.3 Å². The third-order valence-corrected chi connectivity index (χ3v) is 6.24. The summed E-state index contributed by atoms with van der Waals surface area (Å²) in [6.07, 6.45) is 11.1. The number of nitrogens with zero attached hydrogens (tertiary/aromatic N) is 2. The van der Waals surface area contributed by atoms with E-state index < -0.39 is 0 Å². The number of rotatable bonds is 6. The van der Waals surface area contributed by atoms with Gasteiger partial charge in [-0.1, -0.05) is 12.5 Å². The van der Waals surface area contributed by atoms with Crippen molar-refractivity contribution in [3.63, 3.8) is 0 Å². The van der Waals surface area contributed by atoms with Crippen molar-refractivity contribution in [1.82, 2.24) is 15.6 Å². The Balaban J connectivity index is 1.40. The summed E-state index contributed by atoms with van der Waals surface area (Å²) < 4.78 is 5.98. The SMILES string of the molecule is CN=C(NCc1ccc(OC2CCCCC2)nc1)NCC1CCCS1. The molecule has 1 unspecified atom stereocenters. The van der Waals surface area contributed by atoms with Crippen molar-refractivity contribution in [3.8, 4) is 5.88 Å². The number of hydrogen-bond acceptors (Lipinski definition) is 4. The molecule has 1 aliphatic heterocycles. The lowest BCUT2D eigenvalue weighted by atomic mass is 9.98. The van der Waals surface area contributed by atoms with Gasteiger partial charge < -0.3 is 15.4 Å². The highest BCUT2D eigenvalue weighted by Crippen LogP contribution is 2.25. The number of thioether (sulfide) groups is 1. The molecule has 2 N–H and O–H groups in total. The molecule has 1 saturated heterocycles. The van der Waals surface area contributed by atoms with Gasteiger partial charge in [-0.3, -0.25) is 4.99 Å². The van der Waals surface area contributed by atoms with Gasteiger partial charge in [-0.25, -0.2) is 4.98 Å². The molecule has 0 spiro atoms. The van der Waals surface area contributed by atoms with Crippen molar-refractivity contribution in [3.05, 3.63) is 23.9 Å². The van der Waals surface area contributed by atoms with Gasteiger partial charge in [0.1, 0.15) is 6.10 Å². The molecule has 0 aromatic carbocycles. The second kappa shape index (κ2) is 9.90. The fraction of sp³-hybridized carbons (Fsp3) is 0.684. The summed E-state index contributed by atoms with van der Waals surface area (Å²) in [6, 6.07) is 4.06. The largest absolute Gasteiger partial charge is 0.474 e. The summed E-state index contributed by atoms with van der Waals surface area (Å²) in [6.45, 7) is 1.70. The standard InChI is InChI=1S/C19H30N4OS/c1-20-19(23-14-17-8-5-11-25-17)22-13-15-9-10-18(21-12-15)24-16-6-3-2-4-7-16/h9-10,12,16-17H,2-8,11,13-14H2,1H3,(H2,20,22,23). The molecule has 1 aliphatic carbocycles. The lowest BCUT2D eigenvalue weighted by Crippen LogP contribution is -2.39. The van der Waals surface area contributed by atoms with Crippen molar-refractivity contribution >= 4 is 17.7 Å². The second-order valence-electron chi connectivity index (χ2n) is 6.82. The quantitative estimate of drug-likeness (QED) is 0.600. The summed E-state index contributed by atoms with van der Waals surface area (Å²) in [5.41, 5.74) is 1.13. The van der Waals surface area contributed by atoms with E-state index in [2.05, 4.69) is 38.4 Å². The molecule has 25 heavy (non-hydrogen) atoms.